The molecule has 176 valence electrons. The Balaban J connectivity index is 1.37. The Morgan fingerprint density at radius 3 is 2.44 bits per heavy atom. The molecular formula is C26H31N7O. The molecule has 0 N–H and O–H groups in total. The van der Waals surface area contributed by atoms with E-state index >= 15 is 0 Å². The number of carbonyl (C=O) groups excluding carboxylic acids is 1. The van der Waals surface area contributed by atoms with Crippen molar-refractivity contribution in [1.29, 1.82) is 0 Å². The standard InChI is InChI=1S/C26H31N7O/c1-5-33-16-20(18(2)29-33)15-31-10-12-32(13-11-31)26(34)22-14-25(23-17-30(4)28-19(23)3)27-24-9-7-6-8-21(22)24/h6-9,14,16-17H,5,10-13,15H2,1-4H3. The van der Waals surface area contributed by atoms with E-state index in [0.29, 0.717) is 18.7 Å². The highest BCUT2D eigenvalue weighted by atomic mass is 16.2. The minimum Gasteiger partial charge on any atom is -0.336 e. The number of para-hydroxylation sites is 1. The van der Waals surface area contributed by atoms with Crippen LogP contribution in [0.3, 0.4) is 0 Å². The Labute approximate surface area is 199 Å². The van der Waals surface area contributed by atoms with Gasteiger partial charge < -0.3 is 4.90 Å². The van der Waals surface area contributed by atoms with Crippen molar-refractivity contribution in [1.82, 2.24) is 34.3 Å². The third-order valence-corrected chi connectivity index (χ3v) is 6.66. The number of nitrogens with zero attached hydrogens (tertiary/aromatic N) is 7. The molecule has 5 rings (SSSR count). The van der Waals surface area contributed by atoms with Crippen LogP contribution in [0, 0.1) is 13.8 Å². The van der Waals surface area contributed by atoms with E-state index in [1.807, 2.05) is 60.1 Å². The predicted octanol–water partition coefficient (Wildman–Crippen LogP) is 3.43. The van der Waals surface area contributed by atoms with Crippen LogP contribution in [-0.2, 0) is 20.1 Å². The molecule has 0 atom stereocenters. The highest BCUT2D eigenvalue weighted by Gasteiger charge is 2.25. The van der Waals surface area contributed by atoms with Crippen LogP contribution in [0.1, 0.15) is 34.2 Å². The first-order chi connectivity index (χ1) is 16.4. The van der Waals surface area contributed by atoms with Gasteiger partial charge in [0.15, 0.2) is 0 Å². The van der Waals surface area contributed by atoms with Gasteiger partial charge in [-0.15, -0.1) is 0 Å². The molecule has 3 aromatic heterocycles. The van der Waals surface area contributed by atoms with Crippen LogP contribution in [0.4, 0.5) is 0 Å². The van der Waals surface area contributed by atoms with Crippen LogP contribution >= 0.6 is 0 Å². The number of fused-ring (bicyclic) bond motifs is 1. The van der Waals surface area contributed by atoms with Gasteiger partial charge in [0.05, 0.1) is 28.2 Å². The molecule has 0 spiro atoms. The molecule has 1 aliphatic rings. The molecule has 0 unspecified atom stereocenters. The summed E-state index contributed by atoms with van der Waals surface area (Å²) in [4.78, 5) is 22.9. The number of pyridine rings is 1. The van der Waals surface area contributed by atoms with Crippen LogP contribution in [-0.4, -0.2) is 66.4 Å². The van der Waals surface area contributed by atoms with E-state index in [2.05, 4.69) is 35.1 Å². The topological polar surface area (TPSA) is 72.1 Å². The second-order valence-electron chi connectivity index (χ2n) is 9.04. The highest BCUT2D eigenvalue weighted by Crippen LogP contribution is 2.27. The maximum absolute atomic E-state index is 13.7. The molecule has 1 aromatic carbocycles. The Bertz CT molecular complexity index is 1340. The highest BCUT2D eigenvalue weighted by molar-refractivity contribution is 6.07. The van der Waals surface area contributed by atoms with Gasteiger partial charge in [0.1, 0.15) is 0 Å². The molecule has 1 fully saturated rings. The number of piperazine rings is 1. The quantitative estimate of drug-likeness (QED) is 0.459. The van der Waals surface area contributed by atoms with Gasteiger partial charge in [0.2, 0.25) is 0 Å². The van der Waals surface area contributed by atoms with Crippen LogP contribution in [0.2, 0.25) is 0 Å². The SMILES string of the molecule is CCn1cc(CN2CCN(C(=O)c3cc(-c4cn(C)nc4C)nc4ccccc34)CC2)c(C)n1. The molecule has 0 saturated carbocycles. The number of hydrogen-bond acceptors (Lipinski definition) is 5. The Hall–Kier alpha value is -3.52. The molecular weight excluding hydrogens is 426 g/mol. The zero-order chi connectivity index (χ0) is 23.8. The summed E-state index contributed by atoms with van der Waals surface area (Å²) in [7, 11) is 1.90. The zero-order valence-electron chi connectivity index (χ0n) is 20.3. The Kier molecular flexibility index (Phi) is 5.91. The van der Waals surface area contributed by atoms with Crippen LogP contribution in [0.5, 0.6) is 0 Å². The van der Waals surface area contributed by atoms with Gasteiger partial charge in [0.25, 0.3) is 5.91 Å². The molecule has 1 saturated heterocycles. The minimum atomic E-state index is 0.0658. The average molecular weight is 458 g/mol. The Morgan fingerprint density at radius 1 is 1.00 bits per heavy atom. The number of benzene rings is 1. The zero-order valence-corrected chi connectivity index (χ0v) is 20.3. The van der Waals surface area contributed by atoms with E-state index in [4.69, 9.17) is 4.98 Å². The van der Waals surface area contributed by atoms with E-state index in [1.165, 1.54) is 5.56 Å². The molecule has 0 radical (unpaired) electrons. The van der Waals surface area contributed by atoms with Gasteiger partial charge in [-0.2, -0.15) is 10.2 Å². The van der Waals surface area contributed by atoms with Crippen molar-refractivity contribution in [3.05, 3.63) is 65.2 Å². The number of rotatable bonds is 5. The monoisotopic (exact) mass is 457 g/mol. The lowest BCUT2D eigenvalue weighted by atomic mass is 10.0. The molecule has 0 bridgehead atoms. The number of aromatic nitrogens is 5. The van der Waals surface area contributed by atoms with Crippen molar-refractivity contribution in [2.24, 2.45) is 7.05 Å². The average Bonchev–Trinajstić information content (AvgIpc) is 3.38. The Morgan fingerprint density at radius 2 is 1.76 bits per heavy atom. The molecule has 4 aromatic rings. The van der Waals surface area contributed by atoms with Crippen molar-refractivity contribution >= 4 is 16.8 Å². The van der Waals surface area contributed by atoms with Crippen LogP contribution < -0.4 is 0 Å². The summed E-state index contributed by atoms with van der Waals surface area (Å²) < 4.78 is 3.77. The first kappa shape index (κ1) is 22.3. The second-order valence-corrected chi connectivity index (χ2v) is 9.04. The third-order valence-electron chi connectivity index (χ3n) is 6.66. The van der Waals surface area contributed by atoms with E-state index in [1.54, 1.807) is 4.68 Å². The molecule has 34 heavy (non-hydrogen) atoms. The van der Waals surface area contributed by atoms with Gasteiger partial charge in [-0.25, -0.2) is 4.98 Å². The first-order valence-electron chi connectivity index (χ1n) is 11.9. The maximum Gasteiger partial charge on any atom is 0.254 e. The van der Waals surface area contributed by atoms with Crippen LogP contribution in [0.15, 0.2) is 42.7 Å². The largest absolute Gasteiger partial charge is 0.336 e. The summed E-state index contributed by atoms with van der Waals surface area (Å²) in [6.45, 7) is 11.0. The summed E-state index contributed by atoms with van der Waals surface area (Å²) in [6.07, 6.45) is 4.10. The van der Waals surface area contributed by atoms with Crippen molar-refractivity contribution < 1.29 is 4.79 Å². The van der Waals surface area contributed by atoms with Crippen molar-refractivity contribution in [3.8, 4) is 11.3 Å². The molecule has 8 heteroatoms. The number of hydrogen-bond donors (Lipinski definition) is 0. The first-order valence-corrected chi connectivity index (χ1v) is 11.9. The van der Waals surface area contributed by atoms with Crippen molar-refractivity contribution in [2.75, 3.05) is 26.2 Å². The summed E-state index contributed by atoms with van der Waals surface area (Å²) in [5.41, 5.74) is 6.52. The van der Waals surface area contributed by atoms with Gasteiger partial charge in [0, 0.05) is 75.2 Å². The summed E-state index contributed by atoms with van der Waals surface area (Å²) in [6, 6.07) is 9.82. The predicted molar refractivity (Wildman–Crippen MR) is 133 cm³/mol. The van der Waals surface area contributed by atoms with Crippen LogP contribution in [0.25, 0.3) is 22.2 Å². The minimum absolute atomic E-state index is 0.0658. The maximum atomic E-state index is 13.7. The van der Waals surface area contributed by atoms with Gasteiger partial charge in [-0.1, -0.05) is 18.2 Å². The summed E-state index contributed by atoms with van der Waals surface area (Å²) in [5, 5.41) is 9.91. The normalized spacial score (nSPS) is 14.8. The fraction of sp³-hybridized carbons (Fsp3) is 0.385. The summed E-state index contributed by atoms with van der Waals surface area (Å²) >= 11 is 0. The van der Waals surface area contributed by atoms with Gasteiger partial charge in [-0.05, 0) is 32.9 Å². The van der Waals surface area contributed by atoms with Gasteiger partial charge in [-0.3, -0.25) is 19.1 Å². The fourth-order valence-corrected chi connectivity index (χ4v) is 4.74. The molecule has 1 aliphatic heterocycles. The number of amides is 1. The van der Waals surface area contributed by atoms with E-state index in [0.717, 1.165) is 59.7 Å². The lowest BCUT2D eigenvalue weighted by Gasteiger charge is -2.35. The lowest BCUT2D eigenvalue weighted by Crippen LogP contribution is -2.48. The lowest BCUT2D eigenvalue weighted by molar-refractivity contribution is 0.0630. The number of carbonyl (C=O) groups is 1. The van der Waals surface area contributed by atoms with E-state index in [-0.39, 0.29) is 5.91 Å². The fourth-order valence-electron chi connectivity index (χ4n) is 4.74. The van der Waals surface area contributed by atoms with Gasteiger partial charge >= 0.3 is 0 Å². The third kappa shape index (κ3) is 4.21. The molecule has 0 aliphatic carbocycles. The van der Waals surface area contributed by atoms with E-state index in [9.17, 15) is 4.79 Å². The second kappa shape index (κ2) is 9.02. The van der Waals surface area contributed by atoms with E-state index < -0.39 is 0 Å². The molecule has 1 amide bonds. The molecule has 4 heterocycles. The smallest absolute Gasteiger partial charge is 0.254 e. The van der Waals surface area contributed by atoms with Crippen molar-refractivity contribution in [2.45, 2.75) is 33.9 Å². The number of aryl methyl sites for hydroxylation is 4. The molecule has 8 nitrogen and oxygen atoms in total. The van der Waals surface area contributed by atoms with Crippen molar-refractivity contribution in [3.63, 3.8) is 0 Å². The summed E-state index contributed by atoms with van der Waals surface area (Å²) in [5.74, 6) is 0.0658.